The van der Waals surface area contributed by atoms with E-state index in [9.17, 15) is 0 Å². The largest absolute Gasteiger partial charge is 0.397 e. The Morgan fingerprint density at radius 1 is 1.64 bits per heavy atom. The summed E-state index contributed by atoms with van der Waals surface area (Å²) in [5, 5.41) is 3.84. The number of halogens is 1. The lowest BCUT2D eigenvalue weighted by molar-refractivity contribution is 0.609. The Labute approximate surface area is 88.7 Å². The molecule has 3 nitrogen and oxygen atoms in total. The van der Waals surface area contributed by atoms with Gasteiger partial charge in [-0.2, -0.15) is 0 Å². The normalized spacial score (nSPS) is 17.9. The van der Waals surface area contributed by atoms with Gasteiger partial charge in [0.2, 0.25) is 0 Å². The summed E-state index contributed by atoms with van der Waals surface area (Å²) in [7, 11) is 0. The van der Waals surface area contributed by atoms with Crippen LogP contribution < -0.4 is 11.1 Å². The zero-order valence-corrected chi connectivity index (χ0v) is 8.93. The van der Waals surface area contributed by atoms with Gasteiger partial charge in [0.15, 0.2) is 0 Å². The monoisotopic (exact) mass is 211 g/mol. The molecule has 1 saturated carbocycles. The molecule has 3 N–H and O–H groups in total. The van der Waals surface area contributed by atoms with Gasteiger partial charge in [0, 0.05) is 6.54 Å². The van der Waals surface area contributed by atoms with Crippen molar-refractivity contribution in [2.75, 3.05) is 17.6 Å². The molecule has 2 rings (SSSR count). The van der Waals surface area contributed by atoms with Crippen molar-refractivity contribution in [2.24, 2.45) is 5.41 Å². The maximum atomic E-state index is 5.97. The van der Waals surface area contributed by atoms with E-state index in [4.69, 9.17) is 17.3 Å². The molecular weight excluding hydrogens is 198 g/mol. The Kier molecular flexibility index (Phi) is 2.27. The van der Waals surface area contributed by atoms with Crippen LogP contribution >= 0.6 is 11.6 Å². The summed E-state index contributed by atoms with van der Waals surface area (Å²) in [5.41, 5.74) is 6.59. The average Bonchev–Trinajstić information content (AvgIpc) is 2.83. The third kappa shape index (κ3) is 2.10. The molecule has 1 aromatic heterocycles. The van der Waals surface area contributed by atoms with Crippen LogP contribution in [0.5, 0.6) is 0 Å². The zero-order valence-electron chi connectivity index (χ0n) is 8.18. The standard InChI is InChI=1S/C10H14ClN3/c1-10(2-3-10)6-14-9-8(11)4-7(12)5-13-9/h4-5H,2-3,6,12H2,1H3,(H,13,14). The van der Waals surface area contributed by atoms with Gasteiger partial charge in [0.05, 0.1) is 16.9 Å². The number of hydrogen-bond acceptors (Lipinski definition) is 3. The van der Waals surface area contributed by atoms with Gasteiger partial charge in [-0.3, -0.25) is 0 Å². The molecule has 0 amide bonds. The molecule has 0 bridgehead atoms. The highest BCUT2D eigenvalue weighted by molar-refractivity contribution is 6.33. The smallest absolute Gasteiger partial charge is 0.144 e. The van der Waals surface area contributed by atoms with Crippen molar-refractivity contribution in [1.82, 2.24) is 4.98 Å². The molecule has 0 aliphatic heterocycles. The van der Waals surface area contributed by atoms with Crippen molar-refractivity contribution in [3.05, 3.63) is 17.3 Å². The number of nitrogens with one attached hydrogen (secondary N) is 1. The van der Waals surface area contributed by atoms with E-state index in [0.29, 0.717) is 16.1 Å². The first kappa shape index (κ1) is 9.59. The van der Waals surface area contributed by atoms with Gasteiger partial charge < -0.3 is 11.1 Å². The molecule has 1 heterocycles. The minimum Gasteiger partial charge on any atom is -0.397 e. The van der Waals surface area contributed by atoms with E-state index in [1.807, 2.05) is 0 Å². The van der Waals surface area contributed by atoms with Crippen LogP contribution in [-0.4, -0.2) is 11.5 Å². The molecule has 0 radical (unpaired) electrons. The molecule has 1 fully saturated rings. The van der Waals surface area contributed by atoms with Crippen LogP contribution in [0.3, 0.4) is 0 Å². The van der Waals surface area contributed by atoms with E-state index in [0.717, 1.165) is 12.4 Å². The van der Waals surface area contributed by atoms with E-state index in [-0.39, 0.29) is 0 Å². The van der Waals surface area contributed by atoms with Crippen LogP contribution in [-0.2, 0) is 0 Å². The van der Waals surface area contributed by atoms with Crippen LogP contribution in [0.2, 0.25) is 5.02 Å². The van der Waals surface area contributed by atoms with Crippen molar-refractivity contribution >= 4 is 23.1 Å². The zero-order chi connectivity index (χ0) is 10.2. The second-order valence-electron chi connectivity index (χ2n) is 4.26. The number of rotatable bonds is 3. The molecule has 76 valence electrons. The third-order valence-corrected chi connectivity index (χ3v) is 2.94. The predicted molar refractivity (Wildman–Crippen MR) is 59.5 cm³/mol. The highest BCUT2D eigenvalue weighted by atomic mass is 35.5. The second-order valence-corrected chi connectivity index (χ2v) is 4.67. The summed E-state index contributed by atoms with van der Waals surface area (Å²) >= 11 is 5.97. The Bertz CT molecular complexity index is 347. The summed E-state index contributed by atoms with van der Waals surface area (Å²) in [6.07, 6.45) is 4.18. The van der Waals surface area contributed by atoms with E-state index >= 15 is 0 Å². The van der Waals surface area contributed by atoms with Crippen molar-refractivity contribution in [1.29, 1.82) is 0 Å². The van der Waals surface area contributed by atoms with Gasteiger partial charge in [-0.05, 0) is 24.3 Å². The van der Waals surface area contributed by atoms with Gasteiger partial charge in [0.1, 0.15) is 5.82 Å². The molecule has 14 heavy (non-hydrogen) atoms. The quantitative estimate of drug-likeness (QED) is 0.808. The first-order chi connectivity index (χ1) is 6.59. The summed E-state index contributed by atoms with van der Waals surface area (Å²) in [6.45, 7) is 3.19. The van der Waals surface area contributed by atoms with Gasteiger partial charge >= 0.3 is 0 Å². The van der Waals surface area contributed by atoms with Crippen LogP contribution in [0, 0.1) is 5.41 Å². The Hall–Kier alpha value is -0.960. The molecule has 1 aliphatic rings. The van der Waals surface area contributed by atoms with Crippen LogP contribution in [0.15, 0.2) is 12.3 Å². The first-order valence-corrected chi connectivity index (χ1v) is 5.12. The van der Waals surface area contributed by atoms with Crippen LogP contribution in [0.1, 0.15) is 19.8 Å². The second kappa shape index (κ2) is 3.31. The maximum Gasteiger partial charge on any atom is 0.144 e. The third-order valence-electron chi connectivity index (χ3n) is 2.65. The van der Waals surface area contributed by atoms with E-state index in [1.54, 1.807) is 12.3 Å². The van der Waals surface area contributed by atoms with Gasteiger partial charge in [-0.25, -0.2) is 4.98 Å². The number of aromatic nitrogens is 1. The van der Waals surface area contributed by atoms with Gasteiger partial charge in [0.25, 0.3) is 0 Å². The van der Waals surface area contributed by atoms with Crippen molar-refractivity contribution in [3.8, 4) is 0 Å². The molecular formula is C10H14ClN3. The molecule has 4 heteroatoms. The van der Waals surface area contributed by atoms with E-state index < -0.39 is 0 Å². The number of nitrogens with two attached hydrogens (primary N) is 1. The lowest BCUT2D eigenvalue weighted by atomic mass is 10.1. The SMILES string of the molecule is CC1(CNc2ncc(N)cc2Cl)CC1. The van der Waals surface area contributed by atoms with Crippen molar-refractivity contribution in [3.63, 3.8) is 0 Å². The molecule has 0 saturated heterocycles. The van der Waals surface area contributed by atoms with E-state index in [1.165, 1.54) is 12.8 Å². The molecule has 1 aliphatic carbocycles. The lowest BCUT2D eigenvalue weighted by Gasteiger charge is -2.11. The average molecular weight is 212 g/mol. The molecule has 0 unspecified atom stereocenters. The minimum absolute atomic E-state index is 0.451. The van der Waals surface area contributed by atoms with Crippen LogP contribution in [0.25, 0.3) is 0 Å². The topological polar surface area (TPSA) is 50.9 Å². The number of anilines is 2. The highest BCUT2D eigenvalue weighted by Crippen LogP contribution is 2.44. The molecule has 0 atom stereocenters. The minimum atomic E-state index is 0.451. The fourth-order valence-electron chi connectivity index (χ4n) is 1.27. The number of hydrogen-bond donors (Lipinski definition) is 2. The van der Waals surface area contributed by atoms with Crippen molar-refractivity contribution < 1.29 is 0 Å². The number of pyridine rings is 1. The predicted octanol–water partition coefficient (Wildman–Crippen LogP) is 2.53. The summed E-state index contributed by atoms with van der Waals surface area (Å²) in [5.74, 6) is 0.731. The number of nitrogen functional groups attached to an aromatic ring is 1. The van der Waals surface area contributed by atoms with Crippen molar-refractivity contribution in [2.45, 2.75) is 19.8 Å². The lowest BCUT2D eigenvalue weighted by Crippen LogP contribution is -2.12. The number of nitrogens with zero attached hydrogens (tertiary/aromatic N) is 1. The van der Waals surface area contributed by atoms with Gasteiger partial charge in [-0.15, -0.1) is 0 Å². The Morgan fingerprint density at radius 2 is 2.36 bits per heavy atom. The Morgan fingerprint density at radius 3 is 2.93 bits per heavy atom. The summed E-state index contributed by atoms with van der Waals surface area (Å²) in [4.78, 5) is 4.14. The summed E-state index contributed by atoms with van der Waals surface area (Å²) < 4.78 is 0. The Balaban J connectivity index is 2.02. The first-order valence-electron chi connectivity index (χ1n) is 4.74. The van der Waals surface area contributed by atoms with E-state index in [2.05, 4.69) is 17.2 Å². The summed E-state index contributed by atoms with van der Waals surface area (Å²) in [6, 6.07) is 1.71. The fourth-order valence-corrected chi connectivity index (χ4v) is 1.51. The molecule has 0 aromatic carbocycles. The molecule has 0 spiro atoms. The fraction of sp³-hybridized carbons (Fsp3) is 0.500. The maximum absolute atomic E-state index is 5.97. The van der Waals surface area contributed by atoms with Gasteiger partial charge in [-0.1, -0.05) is 18.5 Å². The molecule has 1 aromatic rings. The van der Waals surface area contributed by atoms with Crippen LogP contribution in [0.4, 0.5) is 11.5 Å². The highest BCUT2D eigenvalue weighted by Gasteiger charge is 2.36.